The second-order valence-electron chi connectivity index (χ2n) is 4.71. The molecule has 3 heteroatoms. The molecular weight excluding hydrogens is 254 g/mol. The molecule has 1 aromatic rings. The first-order chi connectivity index (χ1) is 9.30. The van der Waals surface area contributed by atoms with Crippen molar-refractivity contribution in [2.24, 2.45) is 0 Å². The summed E-state index contributed by atoms with van der Waals surface area (Å²) >= 11 is 1.74. The fraction of sp³-hybridized carbons (Fsp3) is 0.625. The Balaban J connectivity index is 2.53. The Bertz CT molecular complexity index is 394. The van der Waals surface area contributed by atoms with E-state index in [1.54, 1.807) is 11.3 Å². The van der Waals surface area contributed by atoms with Crippen LogP contribution in [0.3, 0.4) is 0 Å². The van der Waals surface area contributed by atoms with Crippen LogP contribution in [0.5, 0.6) is 0 Å². The number of thiophene rings is 1. The third-order valence-corrected chi connectivity index (χ3v) is 3.97. The molecule has 19 heavy (non-hydrogen) atoms. The van der Waals surface area contributed by atoms with Crippen molar-refractivity contribution in [1.29, 1.82) is 0 Å². The van der Waals surface area contributed by atoms with Crippen LogP contribution in [0.25, 0.3) is 0 Å². The molecular formula is C16H25NOS. The highest BCUT2D eigenvalue weighted by Gasteiger charge is 2.06. The van der Waals surface area contributed by atoms with Gasteiger partial charge in [0.15, 0.2) is 0 Å². The van der Waals surface area contributed by atoms with Crippen molar-refractivity contribution in [2.45, 2.75) is 46.1 Å². The molecule has 0 bridgehead atoms. The number of hydrogen-bond acceptors (Lipinski definition) is 3. The molecule has 0 saturated heterocycles. The molecule has 0 aliphatic carbocycles. The molecule has 0 unspecified atom stereocenters. The van der Waals surface area contributed by atoms with Crippen LogP contribution < -0.4 is 0 Å². The zero-order valence-corrected chi connectivity index (χ0v) is 12.9. The van der Waals surface area contributed by atoms with Crippen molar-refractivity contribution in [3.8, 4) is 11.8 Å². The van der Waals surface area contributed by atoms with Gasteiger partial charge in [0, 0.05) is 11.4 Å². The van der Waals surface area contributed by atoms with Crippen LogP contribution in [0.4, 0.5) is 0 Å². The SMILES string of the molecule is CCCCN(CCCC)Cc1ccc(C#CCO)s1. The predicted molar refractivity (Wildman–Crippen MR) is 83.4 cm³/mol. The van der Waals surface area contributed by atoms with Gasteiger partial charge in [-0.25, -0.2) is 0 Å². The molecule has 0 aliphatic rings. The van der Waals surface area contributed by atoms with Crippen molar-refractivity contribution in [3.05, 3.63) is 21.9 Å². The molecule has 1 heterocycles. The minimum atomic E-state index is -0.0631. The Morgan fingerprint density at radius 3 is 2.42 bits per heavy atom. The van der Waals surface area contributed by atoms with Crippen molar-refractivity contribution < 1.29 is 5.11 Å². The number of aliphatic hydroxyl groups excluding tert-OH is 1. The van der Waals surface area contributed by atoms with E-state index in [2.05, 4.69) is 42.7 Å². The topological polar surface area (TPSA) is 23.5 Å². The smallest absolute Gasteiger partial charge is 0.104 e. The lowest BCUT2D eigenvalue weighted by Gasteiger charge is -2.21. The maximum Gasteiger partial charge on any atom is 0.104 e. The lowest BCUT2D eigenvalue weighted by Crippen LogP contribution is -2.25. The van der Waals surface area contributed by atoms with Crippen LogP contribution in [-0.4, -0.2) is 29.7 Å². The monoisotopic (exact) mass is 279 g/mol. The first-order valence-electron chi connectivity index (χ1n) is 7.21. The van der Waals surface area contributed by atoms with E-state index in [0.717, 1.165) is 11.4 Å². The van der Waals surface area contributed by atoms with Crippen LogP contribution in [0.1, 0.15) is 49.3 Å². The molecule has 0 amide bonds. The summed E-state index contributed by atoms with van der Waals surface area (Å²) < 4.78 is 0. The summed E-state index contributed by atoms with van der Waals surface area (Å²) in [5, 5.41) is 8.70. The maximum absolute atomic E-state index is 8.70. The summed E-state index contributed by atoms with van der Waals surface area (Å²) in [6.45, 7) is 7.83. The van der Waals surface area contributed by atoms with E-state index in [4.69, 9.17) is 5.11 Å². The number of unbranched alkanes of at least 4 members (excludes halogenated alkanes) is 2. The molecule has 0 radical (unpaired) electrons. The van der Waals surface area contributed by atoms with E-state index in [-0.39, 0.29) is 6.61 Å². The van der Waals surface area contributed by atoms with Gasteiger partial charge >= 0.3 is 0 Å². The number of rotatable bonds is 8. The number of nitrogens with zero attached hydrogens (tertiary/aromatic N) is 1. The first-order valence-corrected chi connectivity index (χ1v) is 8.02. The second kappa shape index (κ2) is 10.0. The highest BCUT2D eigenvalue weighted by atomic mass is 32.1. The van der Waals surface area contributed by atoms with E-state index in [0.29, 0.717) is 0 Å². The van der Waals surface area contributed by atoms with Crippen LogP contribution in [0, 0.1) is 11.8 Å². The summed E-state index contributed by atoms with van der Waals surface area (Å²) in [7, 11) is 0. The number of hydrogen-bond donors (Lipinski definition) is 1. The third kappa shape index (κ3) is 6.77. The molecule has 106 valence electrons. The van der Waals surface area contributed by atoms with Gasteiger partial charge in [-0.2, -0.15) is 0 Å². The van der Waals surface area contributed by atoms with Crippen LogP contribution >= 0.6 is 11.3 Å². The Morgan fingerprint density at radius 1 is 1.16 bits per heavy atom. The number of aliphatic hydroxyl groups is 1. The first kappa shape index (κ1) is 16.2. The van der Waals surface area contributed by atoms with Crippen LogP contribution in [0.15, 0.2) is 12.1 Å². The highest BCUT2D eigenvalue weighted by Crippen LogP contribution is 2.18. The molecule has 1 rings (SSSR count). The van der Waals surface area contributed by atoms with Crippen LogP contribution in [0.2, 0.25) is 0 Å². The van der Waals surface area contributed by atoms with Gasteiger partial charge in [0.05, 0.1) is 4.88 Å². The molecule has 0 atom stereocenters. The van der Waals surface area contributed by atoms with Crippen molar-refractivity contribution in [2.75, 3.05) is 19.7 Å². The summed E-state index contributed by atoms with van der Waals surface area (Å²) in [5.74, 6) is 5.68. The summed E-state index contributed by atoms with van der Waals surface area (Å²) in [5.41, 5.74) is 0. The van der Waals surface area contributed by atoms with Gasteiger partial charge in [-0.1, -0.05) is 38.5 Å². The average Bonchev–Trinajstić information content (AvgIpc) is 2.87. The van der Waals surface area contributed by atoms with Gasteiger partial charge in [0.1, 0.15) is 6.61 Å². The van der Waals surface area contributed by atoms with E-state index < -0.39 is 0 Å². The minimum Gasteiger partial charge on any atom is -0.384 e. The Labute approximate surface area is 121 Å². The zero-order chi connectivity index (χ0) is 13.9. The third-order valence-electron chi connectivity index (χ3n) is 2.99. The fourth-order valence-corrected chi connectivity index (χ4v) is 2.84. The zero-order valence-electron chi connectivity index (χ0n) is 12.1. The summed E-state index contributed by atoms with van der Waals surface area (Å²) in [6, 6.07) is 4.22. The molecule has 0 saturated carbocycles. The van der Waals surface area contributed by atoms with E-state index in [9.17, 15) is 0 Å². The molecule has 0 fully saturated rings. The molecule has 1 aromatic heterocycles. The quantitative estimate of drug-likeness (QED) is 0.736. The second-order valence-corrected chi connectivity index (χ2v) is 5.88. The summed E-state index contributed by atoms with van der Waals surface area (Å²) in [4.78, 5) is 4.96. The lowest BCUT2D eigenvalue weighted by atomic mass is 10.2. The van der Waals surface area contributed by atoms with Gasteiger partial charge in [-0.3, -0.25) is 4.90 Å². The van der Waals surface area contributed by atoms with Gasteiger partial charge in [-0.15, -0.1) is 11.3 Å². The molecule has 0 aliphatic heterocycles. The highest BCUT2D eigenvalue weighted by molar-refractivity contribution is 7.12. The Morgan fingerprint density at radius 2 is 1.84 bits per heavy atom. The lowest BCUT2D eigenvalue weighted by molar-refractivity contribution is 0.259. The Hall–Kier alpha value is -0.820. The van der Waals surface area contributed by atoms with Gasteiger partial charge in [0.25, 0.3) is 0 Å². The van der Waals surface area contributed by atoms with Gasteiger partial charge < -0.3 is 5.11 Å². The van der Waals surface area contributed by atoms with Crippen molar-refractivity contribution >= 4 is 11.3 Å². The fourth-order valence-electron chi connectivity index (χ4n) is 1.91. The molecule has 0 spiro atoms. The normalized spacial score (nSPS) is 10.5. The molecule has 1 N–H and O–H groups in total. The standard InChI is InChI=1S/C16H25NOS/c1-3-5-11-17(12-6-4-2)14-16-10-9-15(19-16)8-7-13-18/h9-10,18H,3-6,11-14H2,1-2H3. The van der Waals surface area contributed by atoms with Gasteiger partial charge in [0.2, 0.25) is 0 Å². The van der Waals surface area contributed by atoms with Crippen LogP contribution in [-0.2, 0) is 6.54 Å². The van der Waals surface area contributed by atoms with E-state index in [1.807, 2.05) is 0 Å². The Kier molecular flexibility index (Phi) is 8.57. The van der Waals surface area contributed by atoms with Crippen molar-refractivity contribution in [1.82, 2.24) is 4.90 Å². The predicted octanol–water partition coefficient (Wildman–Crippen LogP) is 3.49. The average molecular weight is 279 g/mol. The maximum atomic E-state index is 8.70. The molecule has 2 nitrogen and oxygen atoms in total. The van der Waals surface area contributed by atoms with E-state index >= 15 is 0 Å². The van der Waals surface area contributed by atoms with E-state index in [1.165, 1.54) is 43.6 Å². The molecule has 0 aromatic carbocycles. The largest absolute Gasteiger partial charge is 0.384 e. The van der Waals surface area contributed by atoms with Gasteiger partial charge in [-0.05, 0) is 38.1 Å². The van der Waals surface area contributed by atoms with Crippen molar-refractivity contribution in [3.63, 3.8) is 0 Å². The summed E-state index contributed by atoms with van der Waals surface area (Å²) in [6.07, 6.45) is 5.04. The minimum absolute atomic E-state index is 0.0631.